The van der Waals surface area contributed by atoms with Gasteiger partial charge in [0, 0.05) is 12.5 Å². The Morgan fingerprint density at radius 1 is 1.47 bits per heavy atom. The summed E-state index contributed by atoms with van der Waals surface area (Å²) in [4.78, 5) is 22.5. The van der Waals surface area contributed by atoms with Crippen LogP contribution >= 0.6 is 0 Å². The fourth-order valence-corrected chi connectivity index (χ4v) is 1.66. The summed E-state index contributed by atoms with van der Waals surface area (Å²) in [7, 11) is 0. The molecule has 98 valence electrons. The van der Waals surface area contributed by atoms with Crippen molar-refractivity contribution in [1.29, 1.82) is 0 Å². The van der Waals surface area contributed by atoms with Gasteiger partial charge in [-0.25, -0.2) is 0 Å². The second-order valence-corrected chi connectivity index (χ2v) is 4.77. The standard InChI is InChI=1S/C11H20N2O4/c1-6(2)8(12)3-10(14)13-9-5-17-4-7(9)11(15)16/h6-9H,3-5,12H2,1-2H3,(H,13,14)(H,15,16). The number of carboxylic acid groups (broad SMARTS) is 1. The van der Waals surface area contributed by atoms with Crippen LogP contribution < -0.4 is 11.1 Å². The van der Waals surface area contributed by atoms with E-state index in [1.807, 2.05) is 13.8 Å². The zero-order valence-corrected chi connectivity index (χ0v) is 10.2. The first-order valence-corrected chi connectivity index (χ1v) is 5.77. The van der Waals surface area contributed by atoms with Crippen molar-refractivity contribution in [1.82, 2.24) is 5.32 Å². The van der Waals surface area contributed by atoms with Gasteiger partial charge in [0.2, 0.25) is 5.91 Å². The molecular formula is C11H20N2O4. The number of hydrogen-bond acceptors (Lipinski definition) is 4. The Morgan fingerprint density at radius 3 is 2.65 bits per heavy atom. The molecule has 0 aliphatic carbocycles. The van der Waals surface area contributed by atoms with Crippen molar-refractivity contribution in [3.8, 4) is 0 Å². The second-order valence-electron chi connectivity index (χ2n) is 4.77. The number of nitrogens with one attached hydrogen (secondary N) is 1. The molecular weight excluding hydrogens is 224 g/mol. The number of carbonyl (C=O) groups excluding carboxylic acids is 1. The number of hydrogen-bond donors (Lipinski definition) is 3. The monoisotopic (exact) mass is 244 g/mol. The Bertz CT molecular complexity index is 293. The Labute approximate surface area is 101 Å². The zero-order chi connectivity index (χ0) is 13.0. The maximum Gasteiger partial charge on any atom is 0.311 e. The SMILES string of the molecule is CC(C)C(N)CC(=O)NC1COCC1C(=O)O. The zero-order valence-electron chi connectivity index (χ0n) is 10.2. The van der Waals surface area contributed by atoms with Gasteiger partial charge in [-0.2, -0.15) is 0 Å². The highest BCUT2D eigenvalue weighted by Gasteiger charge is 2.35. The van der Waals surface area contributed by atoms with Crippen molar-refractivity contribution in [2.75, 3.05) is 13.2 Å². The first-order chi connectivity index (χ1) is 7.91. The van der Waals surface area contributed by atoms with Gasteiger partial charge in [-0.1, -0.05) is 13.8 Å². The molecule has 0 aromatic rings. The van der Waals surface area contributed by atoms with Gasteiger partial charge in [0.05, 0.1) is 19.3 Å². The van der Waals surface area contributed by atoms with Gasteiger partial charge in [-0.05, 0) is 5.92 Å². The minimum absolute atomic E-state index is 0.149. The van der Waals surface area contributed by atoms with Crippen LogP contribution in [0.3, 0.4) is 0 Å². The molecule has 17 heavy (non-hydrogen) atoms. The summed E-state index contributed by atoms with van der Waals surface area (Å²) in [6.07, 6.45) is 0.209. The first-order valence-electron chi connectivity index (χ1n) is 5.77. The molecule has 1 aliphatic heterocycles. The van der Waals surface area contributed by atoms with Gasteiger partial charge >= 0.3 is 5.97 Å². The van der Waals surface area contributed by atoms with Crippen molar-refractivity contribution in [2.45, 2.75) is 32.4 Å². The lowest BCUT2D eigenvalue weighted by molar-refractivity contribution is -0.142. The van der Waals surface area contributed by atoms with Crippen LogP contribution in [0.1, 0.15) is 20.3 Å². The van der Waals surface area contributed by atoms with Crippen LogP contribution in [-0.4, -0.2) is 42.3 Å². The van der Waals surface area contributed by atoms with E-state index in [0.717, 1.165) is 0 Å². The summed E-state index contributed by atoms with van der Waals surface area (Å²) < 4.78 is 5.06. The van der Waals surface area contributed by atoms with Crippen molar-refractivity contribution in [2.24, 2.45) is 17.6 Å². The predicted octanol–water partition coefficient (Wildman–Crippen LogP) is -0.424. The van der Waals surface area contributed by atoms with Gasteiger partial charge in [0.25, 0.3) is 0 Å². The van der Waals surface area contributed by atoms with Gasteiger partial charge in [-0.15, -0.1) is 0 Å². The van der Waals surface area contributed by atoms with Crippen molar-refractivity contribution in [3.63, 3.8) is 0 Å². The van der Waals surface area contributed by atoms with E-state index >= 15 is 0 Å². The number of carboxylic acids is 1. The minimum atomic E-state index is -0.944. The van der Waals surface area contributed by atoms with Crippen LogP contribution in [0.5, 0.6) is 0 Å². The number of nitrogens with two attached hydrogens (primary N) is 1. The number of aliphatic carboxylic acids is 1. The molecule has 0 bridgehead atoms. The van der Waals surface area contributed by atoms with E-state index in [9.17, 15) is 9.59 Å². The molecule has 4 N–H and O–H groups in total. The third-order valence-corrected chi connectivity index (χ3v) is 3.02. The maximum atomic E-state index is 11.6. The summed E-state index contributed by atoms with van der Waals surface area (Å²) in [5, 5.41) is 11.6. The number of rotatable bonds is 5. The molecule has 3 atom stereocenters. The van der Waals surface area contributed by atoms with Crippen molar-refractivity contribution >= 4 is 11.9 Å². The number of amides is 1. The van der Waals surface area contributed by atoms with Crippen LogP contribution in [0.15, 0.2) is 0 Å². The topological polar surface area (TPSA) is 102 Å². The Kier molecular flexibility index (Phi) is 4.89. The Morgan fingerprint density at radius 2 is 2.12 bits per heavy atom. The fraction of sp³-hybridized carbons (Fsp3) is 0.818. The largest absolute Gasteiger partial charge is 0.481 e. The molecule has 1 rings (SSSR count). The summed E-state index contributed by atoms with van der Waals surface area (Å²) in [5.74, 6) is -1.60. The number of carbonyl (C=O) groups is 2. The lowest BCUT2D eigenvalue weighted by Crippen LogP contribution is -2.45. The van der Waals surface area contributed by atoms with E-state index in [1.165, 1.54) is 0 Å². The van der Waals surface area contributed by atoms with Crippen LogP contribution in [0.4, 0.5) is 0 Å². The second kappa shape index (κ2) is 5.97. The molecule has 1 heterocycles. The molecule has 0 aromatic heterocycles. The van der Waals surface area contributed by atoms with Crippen molar-refractivity contribution < 1.29 is 19.4 Å². The van der Waals surface area contributed by atoms with E-state index in [2.05, 4.69) is 5.32 Å². The molecule has 3 unspecified atom stereocenters. The van der Waals surface area contributed by atoms with E-state index in [4.69, 9.17) is 15.6 Å². The Hall–Kier alpha value is -1.14. The molecule has 0 spiro atoms. The summed E-state index contributed by atoms with van der Waals surface area (Å²) >= 11 is 0. The smallest absolute Gasteiger partial charge is 0.311 e. The summed E-state index contributed by atoms with van der Waals surface area (Å²) in [6.45, 7) is 4.28. The molecule has 1 aliphatic rings. The van der Waals surface area contributed by atoms with Crippen molar-refractivity contribution in [3.05, 3.63) is 0 Å². The molecule has 6 nitrogen and oxygen atoms in total. The molecule has 0 aromatic carbocycles. The maximum absolute atomic E-state index is 11.6. The highest BCUT2D eigenvalue weighted by Crippen LogP contribution is 2.14. The van der Waals surface area contributed by atoms with Gasteiger partial charge < -0.3 is 20.9 Å². The van der Waals surface area contributed by atoms with Crippen LogP contribution in [0.25, 0.3) is 0 Å². The lowest BCUT2D eigenvalue weighted by atomic mass is 10.0. The normalized spacial score (nSPS) is 25.9. The predicted molar refractivity (Wildman–Crippen MR) is 61.3 cm³/mol. The summed E-state index contributed by atoms with van der Waals surface area (Å²) in [5.41, 5.74) is 5.78. The van der Waals surface area contributed by atoms with E-state index < -0.39 is 17.9 Å². The molecule has 1 fully saturated rings. The first kappa shape index (κ1) is 13.9. The van der Waals surface area contributed by atoms with Crippen LogP contribution in [0.2, 0.25) is 0 Å². The van der Waals surface area contributed by atoms with Crippen LogP contribution in [0, 0.1) is 11.8 Å². The third kappa shape index (κ3) is 3.98. The minimum Gasteiger partial charge on any atom is -0.481 e. The van der Waals surface area contributed by atoms with E-state index in [0.29, 0.717) is 0 Å². The quantitative estimate of drug-likeness (QED) is 0.609. The van der Waals surface area contributed by atoms with Gasteiger partial charge in [-0.3, -0.25) is 9.59 Å². The lowest BCUT2D eigenvalue weighted by Gasteiger charge is -2.19. The third-order valence-electron chi connectivity index (χ3n) is 3.02. The molecule has 6 heteroatoms. The van der Waals surface area contributed by atoms with E-state index in [-0.39, 0.29) is 37.5 Å². The molecule has 1 saturated heterocycles. The highest BCUT2D eigenvalue weighted by atomic mass is 16.5. The summed E-state index contributed by atoms with van der Waals surface area (Å²) in [6, 6.07) is -0.653. The molecule has 0 radical (unpaired) electrons. The average Bonchev–Trinajstić information content (AvgIpc) is 2.65. The molecule has 1 amide bonds. The van der Waals surface area contributed by atoms with E-state index in [1.54, 1.807) is 0 Å². The highest BCUT2D eigenvalue weighted by molar-refractivity contribution is 5.78. The number of ether oxygens (including phenoxy) is 1. The molecule has 0 saturated carbocycles. The van der Waals surface area contributed by atoms with Crippen LogP contribution in [-0.2, 0) is 14.3 Å². The van der Waals surface area contributed by atoms with Gasteiger partial charge in [0.1, 0.15) is 5.92 Å². The fourth-order valence-electron chi connectivity index (χ4n) is 1.66. The van der Waals surface area contributed by atoms with Gasteiger partial charge in [0.15, 0.2) is 0 Å². The average molecular weight is 244 g/mol. The Balaban J connectivity index is 2.43.